The van der Waals surface area contributed by atoms with Crippen LogP contribution in [0, 0.1) is 0 Å². The number of hydrogen-bond donors (Lipinski definition) is 1. The number of carbonyl (C=O) groups is 1. The minimum Gasteiger partial charge on any atom is -0.325 e. The number of hydrogen-bond acceptors (Lipinski definition) is 5. The van der Waals surface area contributed by atoms with Gasteiger partial charge in [-0.1, -0.05) is 37.2 Å². The van der Waals surface area contributed by atoms with Crippen LogP contribution in [0.2, 0.25) is 5.02 Å². The van der Waals surface area contributed by atoms with Crippen LogP contribution in [0.25, 0.3) is 0 Å². The number of thioether (sulfide) groups is 1. The molecule has 1 amide bonds. The van der Waals surface area contributed by atoms with Gasteiger partial charge in [0, 0.05) is 35.1 Å². The zero-order valence-corrected chi connectivity index (χ0v) is 18.5. The summed E-state index contributed by atoms with van der Waals surface area (Å²) in [6.07, 6.45) is 2.83. The zero-order chi connectivity index (χ0) is 20.8. The van der Waals surface area contributed by atoms with Crippen molar-refractivity contribution in [3.8, 4) is 0 Å². The molecule has 156 valence electrons. The highest BCUT2D eigenvalue weighted by Crippen LogP contribution is 2.29. The standard InChI is InChI=1S/C21H27ClN4O2S/c1-3-25(4-2)12-13-26-18-7-5-6-17(18)20(24-21(26)28)29-14-19(27)23-16-10-8-15(22)9-11-16/h8-11H,3-7,12-14H2,1-2H3,(H,23,27). The molecule has 0 saturated carbocycles. The summed E-state index contributed by atoms with van der Waals surface area (Å²) in [5, 5.41) is 4.17. The molecule has 1 aromatic carbocycles. The molecule has 0 atom stereocenters. The van der Waals surface area contributed by atoms with E-state index in [1.807, 2.05) is 4.57 Å². The summed E-state index contributed by atoms with van der Waals surface area (Å²) in [6, 6.07) is 6.99. The van der Waals surface area contributed by atoms with E-state index in [0.29, 0.717) is 22.3 Å². The van der Waals surface area contributed by atoms with E-state index in [1.54, 1.807) is 24.3 Å². The van der Waals surface area contributed by atoms with Crippen LogP contribution in [0.1, 0.15) is 31.5 Å². The molecule has 8 heteroatoms. The first kappa shape index (κ1) is 21.9. The van der Waals surface area contributed by atoms with Crippen LogP contribution in [0.3, 0.4) is 0 Å². The summed E-state index contributed by atoms with van der Waals surface area (Å²) < 4.78 is 1.83. The van der Waals surface area contributed by atoms with Crippen molar-refractivity contribution < 1.29 is 4.79 Å². The van der Waals surface area contributed by atoms with Crippen molar-refractivity contribution in [2.45, 2.75) is 44.7 Å². The van der Waals surface area contributed by atoms with Gasteiger partial charge in [0.25, 0.3) is 0 Å². The van der Waals surface area contributed by atoms with Gasteiger partial charge in [-0.2, -0.15) is 4.98 Å². The van der Waals surface area contributed by atoms with Gasteiger partial charge in [0.2, 0.25) is 5.91 Å². The number of rotatable bonds is 9. The second-order valence-electron chi connectivity index (χ2n) is 7.00. The van der Waals surface area contributed by atoms with Crippen LogP contribution < -0.4 is 11.0 Å². The molecule has 29 heavy (non-hydrogen) atoms. The Labute approximate surface area is 180 Å². The molecular weight excluding hydrogens is 408 g/mol. The molecule has 0 saturated heterocycles. The SMILES string of the molecule is CCN(CC)CCn1c2c(c(SCC(=O)Nc3ccc(Cl)cc3)nc1=O)CCC2. The summed E-state index contributed by atoms with van der Waals surface area (Å²) in [5.41, 5.74) is 2.72. The second kappa shape index (κ2) is 10.3. The summed E-state index contributed by atoms with van der Waals surface area (Å²) in [4.78, 5) is 31.6. The Morgan fingerprint density at radius 3 is 2.66 bits per heavy atom. The molecule has 0 aliphatic heterocycles. The van der Waals surface area contributed by atoms with Crippen molar-refractivity contribution in [1.82, 2.24) is 14.5 Å². The highest BCUT2D eigenvalue weighted by atomic mass is 35.5. The average Bonchev–Trinajstić information content (AvgIpc) is 3.20. The number of likely N-dealkylation sites (N-methyl/N-ethyl adjacent to an activating group) is 1. The predicted molar refractivity (Wildman–Crippen MR) is 119 cm³/mol. The first-order valence-electron chi connectivity index (χ1n) is 10.0. The number of nitrogens with one attached hydrogen (secondary N) is 1. The molecule has 1 aliphatic carbocycles. The number of halogens is 1. The first-order chi connectivity index (χ1) is 14.0. The number of carbonyl (C=O) groups excluding carboxylic acids is 1. The Balaban J connectivity index is 1.68. The minimum atomic E-state index is -0.210. The normalized spacial score (nSPS) is 13.0. The zero-order valence-electron chi connectivity index (χ0n) is 16.9. The van der Waals surface area contributed by atoms with Crippen molar-refractivity contribution in [2.75, 3.05) is 30.7 Å². The number of anilines is 1. The van der Waals surface area contributed by atoms with Crippen LogP contribution in [0.15, 0.2) is 34.1 Å². The van der Waals surface area contributed by atoms with Crippen LogP contribution in [0.5, 0.6) is 0 Å². The Bertz CT molecular complexity index is 910. The van der Waals surface area contributed by atoms with Crippen LogP contribution in [-0.2, 0) is 24.2 Å². The van der Waals surface area contributed by atoms with Gasteiger partial charge in [-0.3, -0.25) is 9.36 Å². The molecule has 0 spiro atoms. The van der Waals surface area contributed by atoms with Crippen molar-refractivity contribution in [3.63, 3.8) is 0 Å². The Morgan fingerprint density at radius 1 is 1.24 bits per heavy atom. The lowest BCUT2D eigenvalue weighted by Gasteiger charge is -2.20. The summed E-state index contributed by atoms with van der Waals surface area (Å²) in [5.74, 6) is 0.0851. The topological polar surface area (TPSA) is 67.2 Å². The molecule has 3 rings (SSSR count). The smallest absolute Gasteiger partial charge is 0.325 e. The van der Waals surface area contributed by atoms with Crippen molar-refractivity contribution in [2.24, 2.45) is 0 Å². The number of aromatic nitrogens is 2. The lowest BCUT2D eigenvalue weighted by atomic mass is 10.2. The van der Waals surface area contributed by atoms with Gasteiger partial charge in [0.05, 0.1) is 5.75 Å². The van der Waals surface area contributed by atoms with Crippen molar-refractivity contribution in [3.05, 3.63) is 51.0 Å². The van der Waals surface area contributed by atoms with E-state index >= 15 is 0 Å². The molecule has 6 nitrogen and oxygen atoms in total. The third kappa shape index (κ3) is 5.62. The first-order valence-corrected chi connectivity index (χ1v) is 11.4. The summed E-state index contributed by atoms with van der Waals surface area (Å²) in [7, 11) is 0. The highest BCUT2D eigenvalue weighted by Gasteiger charge is 2.22. The average molecular weight is 435 g/mol. The van der Waals surface area contributed by atoms with Gasteiger partial charge in [0.1, 0.15) is 5.03 Å². The van der Waals surface area contributed by atoms with E-state index in [4.69, 9.17) is 11.6 Å². The molecular formula is C21H27ClN4O2S. The maximum atomic E-state index is 12.7. The van der Waals surface area contributed by atoms with Gasteiger partial charge >= 0.3 is 5.69 Å². The minimum absolute atomic E-state index is 0.128. The monoisotopic (exact) mass is 434 g/mol. The van der Waals surface area contributed by atoms with Crippen molar-refractivity contribution in [1.29, 1.82) is 0 Å². The lowest BCUT2D eigenvalue weighted by Crippen LogP contribution is -2.34. The maximum Gasteiger partial charge on any atom is 0.348 e. The highest BCUT2D eigenvalue weighted by molar-refractivity contribution is 8.00. The number of benzene rings is 1. The lowest BCUT2D eigenvalue weighted by molar-refractivity contribution is -0.113. The van der Waals surface area contributed by atoms with E-state index in [-0.39, 0.29) is 17.3 Å². The molecule has 1 heterocycles. The molecule has 1 aromatic heterocycles. The fourth-order valence-corrected chi connectivity index (χ4v) is 4.58. The Hall–Kier alpha value is -1.83. The Kier molecular flexibility index (Phi) is 7.75. The fraction of sp³-hybridized carbons (Fsp3) is 0.476. The molecule has 0 unspecified atom stereocenters. The molecule has 0 bridgehead atoms. The molecule has 1 aliphatic rings. The van der Waals surface area contributed by atoms with E-state index in [1.165, 1.54) is 11.8 Å². The quantitative estimate of drug-likeness (QED) is 0.483. The second-order valence-corrected chi connectivity index (χ2v) is 8.40. The predicted octanol–water partition coefficient (Wildman–Crippen LogP) is 3.46. The summed E-state index contributed by atoms with van der Waals surface area (Å²) >= 11 is 7.21. The van der Waals surface area contributed by atoms with Gasteiger partial charge in [-0.05, 0) is 56.6 Å². The van der Waals surface area contributed by atoms with Gasteiger partial charge in [-0.25, -0.2) is 4.79 Å². The van der Waals surface area contributed by atoms with E-state index in [0.717, 1.165) is 50.2 Å². The molecule has 2 aromatic rings. The molecule has 1 N–H and O–H groups in total. The van der Waals surface area contributed by atoms with Gasteiger partial charge in [-0.15, -0.1) is 0 Å². The van der Waals surface area contributed by atoms with E-state index in [9.17, 15) is 9.59 Å². The number of fused-ring (bicyclic) bond motifs is 1. The third-order valence-corrected chi connectivity index (χ3v) is 6.47. The fourth-order valence-electron chi connectivity index (χ4n) is 3.58. The Morgan fingerprint density at radius 2 is 1.97 bits per heavy atom. The summed E-state index contributed by atoms with van der Waals surface area (Å²) in [6.45, 7) is 7.71. The number of amides is 1. The van der Waals surface area contributed by atoms with E-state index in [2.05, 4.69) is 29.0 Å². The maximum absolute atomic E-state index is 12.7. The van der Waals surface area contributed by atoms with Crippen LogP contribution in [-0.4, -0.2) is 45.7 Å². The van der Waals surface area contributed by atoms with Crippen molar-refractivity contribution >= 4 is 35.0 Å². The van der Waals surface area contributed by atoms with Crippen LogP contribution in [0.4, 0.5) is 5.69 Å². The number of nitrogens with zero attached hydrogens (tertiary/aromatic N) is 3. The van der Waals surface area contributed by atoms with Gasteiger partial charge < -0.3 is 10.2 Å². The van der Waals surface area contributed by atoms with Crippen LogP contribution >= 0.6 is 23.4 Å². The molecule has 0 radical (unpaired) electrons. The van der Waals surface area contributed by atoms with Gasteiger partial charge in [0.15, 0.2) is 0 Å². The third-order valence-electron chi connectivity index (χ3n) is 5.20. The van der Waals surface area contributed by atoms with E-state index < -0.39 is 0 Å². The largest absolute Gasteiger partial charge is 0.348 e. The molecule has 0 fully saturated rings.